The Morgan fingerprint density at radius 2 is 1.94 bits per heavy atom. The summed E-state index contributed by atoms with van der Waals surface area (Å²) in [5, 5.41) is 17.8. The molecule has 3 rings (SSSR count). The Balaban J connectivity index is 1.95. The molecule has 2 aliphatic rings. The van der Waals surface area contributed by atoms with Crippen LogP contribution in [0.5, 0.6) is 0 Å². The van der Waals surface area contributed by atoms with Gasteiger partial charge in [-0.05, 0) is 37.1 Å². The summed E-state index contributed by atoms with van der Waals surface area (Å²) in [4.78, 5) is 12.6. The Hall–Kier alpha value is -1.37. The molecule has 1 fully saturated rings. The lowest BCUT2D eigenvalue weighted by Gasteiger charge is -2.33. The monoisotopic (exact) mass is 522 g/mol. The minimum Gasteiger partial charge on any atom is -0.463 e. The standard InChI is InChI=1S/C20H24BrFO8S/c1-2-28-19(25)14-8-20(29-16(9-23)17(10-24)30-20)6-5-18(14)31(26,27)11-12-3-4-13(22)7-15(12)21/h3-4,7-8,16-18,23-24H,2,5-6,9-11H2,1H3/t16-,17-,18-/m1/s1. The lowest BCUT2D eigenvalue weighted by Crippen LogP contribution is -2.41. The summed E-state index contributed by atoms with van der Waals surface area (Å²) in [6, 6.07) is 3.71. The van der Waals surface area contributed by atoms with Crippen molar-refractivity contribution in [2.75, 3.05) is 19.8 Å². The predicted octanol–water partition coefficient (Wildman–Crippen LogP) is 1.62. The minimum atomic E-state index is -3.90. The van der Waals surface area contributed by atoms with Gasteiger partial charge in [0.05, 0.1) is 36.4 Å². The van der Waals surface area contributed by atoms with Crippen molar-refractivity contribution in [2.24, 2.45) is 0 Å². The van der Waals surface area contributed by atoms with Gasteiger partial charge in [-0.2, -0.15) is 0 Å². The smallest absolute Gasteiger partial charge is 0.335 e. The Morgan fingerprint density at radius 3 is 2.48 bits per heavy atom. The third-order valence-corrected chi connectivity index (χ3v) is 8.08. The zero-order valence-electron chi connectivity index (χ0n) is 16.8. The van der Waals surface area contributed by atoms with Crippen molar-refractivity contribution in [1.29, 1.82) is 0 Å². The molecular formula is C20H24BrFO8S. The van der Waals surface area contributed by atoms with Crippen molar-refractivity contribution in [1.82, 2.24) is 0 Å². The first-order valence-electron chi connectivity index (χ1n) is 9.77. The highest BCUT2D eigenvalue weighted by atomic mass is 79.9. The number of ether oxygens (including phenoxy) is 3. The van der Waals surface area contributed by atoms with Crippen LogP contribution in [0, 0.1) is 5.82 Å². The molecule has 172 valence electrons. The molecule has 0 aromatic heterocycles. The number of sulfone groups is 1. The van der Waals surface area contributed by atoms with Crippen LogP contribution in [-0.2, 0) is 34.6 Å². The first-order valence-corrected chi connectivity index (χ1v) is 12.3. The van der Waals surface area contributed by atoms with Crippen LogP contribution in [0.3, 0.4) is 0 Å². The summed E-state index contributed by atoms with van der Waals surface area (Å²) in [6.07, 6.45) is -0.241. The lowest BCUT2D eigenvalue weighted by atomic mass is 9.94. The Labute approximate surface area is 188 Å². The third kappa shape index (κ3) is 5.18. The number of halogens is 2. The largest absolute Gasteiger partial charge is 0.463 e. The lowest BCUT2D eigenvalue weighted by molar-refractivity contribution is -0.154. The van der Waals surface area contributed by atoms with Gasteiger partial charge >= 0.3 is 5.97 Å². The summed E-state index contributed by atoms with van der Waals surface area (Å²) >= 11 is 3.17. The van der Waals surface area contributed by atoms with E-state index in [2.05, 4.69) is 15.9 Å². The number of carbonyl (C=O) groups excluding carboxylic acids is 1. The maximum absolute atomic E-state index is 13.4. The van der Waals surface area contributed by atoms with E-state index >= 15 is 0 Å². The van der Waals surface area contributed by atoms with Crippen molar-refractivity contribution in [3.63, 3.8) is 0 Å². The fraction of sp³-hybridized carbons (Fsp3) is 0.550. The van der Waals surface area contributed by atoms with E-state index in [1.54, 1.807) is 6.92 Å². The Morgan fingerprint density at radius 1 is 1.29 bits per heavy atom. The van der Waals surface area contributed by atoms with Gasteiger partial charge in [-0.25, -0.2) is 17.6 Å². The van der Waals surface area contributed by atoms with Crippen LogP contribution >= 0.6 is 15.9 Å². The van der Waals surface area contributed by atoms with Gasteiger partial charge in [-0.15, -0.1) is 0 Å². The van der Waals surface area contributed by atoms with E-state index < -0.39 is 63.8 Å². The molecular weight excluding hydrogens is 499 g/mol. The topological polar surface area (TPSA) is 119 Å². The molecule has 1 aliphatic carbocycles. The van der Waals surface area contributed by atoms with E-state index in [1.165, 1.54) is 18.2 Å². The van der Waals surface area contributed by atoms with Gasteiger partial charge in [-0.1, -0.05) is 22.0 Å². The molecule has 3 atom stereocenters. The zero-order chi connectivity index (χ0) is 22.8. The van der Waals surface area contributed by atoms with Gasteiger partial charge in [-0.3, -0.25) is 0 Å². The second kappa shape index (κ2) is 9.63. The molecule has 1 aromatic carbocycles. The normalized spacial score (nSPS) is 25.5. The fourth-order valence-electron chi connectivity index (χ4n) is 3.81. The first kappa shape index (κ1) is 24.3. The molecule has 1 spiro atoms. The third-order valence-electron chi connectivity index (χ3n) is 5.27. The van der Waals surface area contributed by atoms with E-state index in [1.807, 2.05) is 0 Å². The molecule has 0 bridgehead atoms. The van der Waals surface area contributed by atoms with Crippen LogP contribution < -0.4 is 0 Å². The Kier molecular flexibility index (Phi) is 7.54. The van der Waals surface area contributed by atoms with Crippen molar-refractivity contribution in [3.05, 3.63) is 45.7 Å². The number of carbonyl (C=O) groups is 1. The van der Waals surface area contributed by atoms with E-state index in [4.69, 9.17) is 14.2 Å². The number of aliphatic hydroxyl groups excluding tert-OH is 2. The number of hydrogen-bond donors (Lipinski definition) is 2. The van der Waals surface area contributed by atoms with Crippen molar-refractivity contribution >= 4 is 31.7 Å². The average Bonchev–Trinajstić information content (AvgIpc) is 3.07. The molecule has 0 radical (unpaired) electrons. The molecule has 11 heteroatoms. The van der Waals surface area contributed by atoms with Crippen LogP contribution in [0.1, 0.15) is 25.3 Å². The molecule has 0 saturated carbocycles. The van der Waals surface area contributed by atoms with Crippen LogP contribution in [0.4, 0.5) is 4.39 Å². The number of benzene rings is 1. The van der Waals surface area contributed by atoms with E-state index in [9.17, 15) is 27.8 Å². The number of rotatable bonds is 7. The number of aliphatic hydroxyl groups is 2. The molecule has 2 N–H and O–H groups in total. The zero-order valence-corrected chi connectivity index (χ0v) is 19.2. The molecule has 8 nitrogen and oxygen atoms in total. The summed E-state index contributed by atoms with van der Waals surface area (Å²) in [7, 11) is -3.90. The van der Waals surface area contributed by atoms with Gasteiger partial charge < -0.3 is 24.4 Å². The van der Waals surface area contributed by atoms with E-state index in [-0.39, 0.29) is 25.0 Å². The van der Waals surface area contributed by atoms with Crippen LogP contribution in [0.15, 0.2) is 34.3 Å². The SMILES string of the molecule is CCOC(=O)C1=CC2(CC[C@H]1S(=O)(=O)Cc1ccc(F)cc1Br)O[C@H](CO)[C@@H](CO)O2. The van der Waals surface area contributed by atoms with Crippen LogP contribution in [-0.4, -0.2) is 67.7 Å². The summed E-state index contributed by atoms with van der Waals surface area (Å²) in [6.45, 7) is 0.827. The highest BCUT2D eigenvalue weighted by molar-refractivity contribution is 9.10. The highest BCUT2D eigenvalue weighted by Crippen LogP contribution is 2.41. The van der Waals surface area contributed by atoms with Crippen LogP contribution in [0.2, 0.25) is 0 Å². The molecule has 1 aromatic rings. The second-order valence-electron chi connectivity index (χ2n) is 7.38. The molecule has 31 heavy (non-hydrogen) atoms. The maximum atomic E-state index is 13.4. The van der Waals surface area contributed by atoms with Gasteiger partial charge in [0, 0.05) is 10.9 Å². The molecule has 1 heterocycles. The van der Waals surface area contributed by atoms with Crippen molar-refractivity contribution in [2.45, 2.75) is 48.8 Å². The molecule has 0 amide bonds. The number of hydrogen-bond acceptors (Lipinski definition) is 8. The van der Waals surface area contributed by atoms with Gasteiger partial charge in [0.15, 0.2) is 15.6 Å². The summed E-state index contributed by atoms with van der Waals surface area (Å²) in [5.41, 5.74) is 0.237. The Bertz CT molecular complexity index is 952. The quantitative estimate of drug-likeness (QED) is 0.518. The summed E-state index contributed by atoms with van der Waals surface area (Å²) < 4.78 is 56.7. The summed E-state index contributed by atoms with van der Waals surface area (Å²) in [5.74, 6) is -3.17. The molecule has 0 unspecified atom stereocenters. The maximum Gasteiger partial charge on any atom is 0.335 e. The van der Waals surface area contributed by atoms with Gasteiger partial charge in [0.2, 0.25) is 0 Å². The fourth-order valence-corrected chi connectivity index (χ4v) is 6.40. The van der Waals surface area contributed by atoms with E-state index in [0.717, 1.165) is 6.07 Å². The average molecular weight is 523 g/mol. The van der Waals surface area contributed by atoms with E-state index in [0.29, 0.717) is 10.0 Å². The highest BCUT2D eigenvalue weighted by Gasteiger charge is 2.51. The predicted molar refractivity (Wildman–Crippen MR) is 111 cm³/mol. The first-order chi connectivity index (χ1) is 14.6. The second-order valence-corrected chi connectivity index (χ2v) is 10.4. The van der Waals surface area contributed by atoms with Crippen molar-refractivity contribution < 1.29 is 42.0 Å². The number of esters is 1. The molecule has 1 saturated heterocycles. The molecule has 1 aliphatic heterocycles. The van der Waals surface area contributed by atoms with Gasteiger partial charge in [0.1, 0.15) is 18.0 Å². The minimum absolute atomic E-state index is 0.00208. The van der Waals surface area contributed by atoms with Crippen LogP contribution in [0.25, 0.3) is 0 Å². The van der Waals surface area contributed by atoms with Gasteiger partial charge in [0.25, 0.3) is 0 Å². The van der Waals surface area contributed by atoms with Crippen molar-refractivity contribution in [3.8, 4) is 0 Å².